The average Bonchev–Trinajstić information content (AvgIpc) is 2.59. The molecule has 1 aromatic carbocycles. The number of carboxylic acid groups (broad SMARTS) is 1. The van der Waals surface area contributed by atoms with Gasteiger partial charge in [0.2, 0.25) is 5.91 Å². The fourth-order valence-electron chi connectivity index (χ4n) is 4.35. The van der Waals surface area contributed by atoms with Gasteiger partial charge in [0, 0.05) is 19.1 Å². The zero-order valence-corrected chi connectivity index (χ0v) is 15.3. The summed E-state index contributed by atoms with van der Waals surface area (Å²) >= 11 is 0. The molecule has 2 aliphatic rings. The van der Waals surface area contributed by atoms with Crippen LogP contribution >= 0.6 is 0 Å². The van der Waals surface area contributed by atoms with Crippen molar-refractivity contribution in [1.29, 1.82) is 0 Å². The third-order valence-corrected chi connectivity index (χ3v) is 6.01. The molecule has 1 saturated carbocycles. The van der Waals surface area contributed by atoms with Crippen molar-refractivity contribution in [2.45, 2.75) is 50.5 Å². The highest BCUT2D eigenvalue weighted by Crippen LogP contribution is 2.45. The molecule has 1 amide bonds. The molecule has 142 valence electrons. The topological polar surface area (TPSA) is 60.9 Å². The lowest BCUT2D eigenvalue weighted by Gasteiger charge is -2.46. The van der Waals surface area contributed by atoms with Crippen LogP contribution in [0.3, 0.4) is 0 Å². The Labute approximate surface area is 153 Å². The van der Waals surface area contributed by atoms with Gasteiger partial charge in [-0.25, -0.2) is 4.39 Å². The van der Waals surface area contributed by atoms with Crippen LogP contribution in [-0.4, -0.2) is 59.0 Å². The summed E-state index contributed by atoms with van der Waals surface area (Å²) in [6, 6.07) is 6.64. The van der Waals surface area contributed by atoms with Crippen LogP contribution in [0.15, 0.2) is 24.3 Å². The summed E-state index contributed by atoms with van der Waals surface area (Å²) in [5, 5.41) is 9.04. The second-order valence-electron chi connectivity index (χ2n) is 7.43. The van der Waals surface area contributed by atoms with Gasteiger partial charge in [0.05, 0.1) is 12.0 Å². The minimum atomic E-state index is -0.815. The average molecular weight is 362 g/mol. The van der Waals surface area contributed by atoms with E-state index in [4.69, 9.17) is 5.11 Å². The number of carboxylic acids is 1. The number of likely N-dealkylation sites (tertiary alicyclic amines) is 1. The number of hydrogen-bond acceptors (Lipinski definition) is 3. The van der Waals surface area contributed by atoms with E-state index < -0.39 is 11.4 Å². The summed E-state index contributed by atoms with van der Waals surface area (Å²) in [5.74, 6) is -1.01. The zero-order chi connectivity index (χ0) is 18.7. The van der Waals surface area contributed by atoms with Gasteiger partial charge in [-0.05, 0) is 49.9 Å². The number of piperidine rings is 1. The second-order valence-corrected chi connectivity index (χ2v) is 7.43. The Morgan fingerprint density at radius 1 is 1.31 bits per heavy atom. The standard InChI is InChI=1S/C20H27FN2O3/c1-2-22(14-18(24)25)17-7-11-23(12-8-17)19(26)20(9-4-10-20)15-5-3-6-16(21)13-15/h3,5-6,13,17H,2,4,7-12,14H2,1H3,(H,24,25). The molecular weight excluding hydrogens is 335 g/mol. The minimum absolute atomic E-state index is 0.0440. The van der Waals surface area contributed by atoms with E-state index in [0.717, 1.165) is 37.7 Å². The van der Waals surface area contributed by atoms with Gasteiger partial charge >= 0.3 is 5.97 Å². The minimum Gasteiger partial charge on any atom is -0.480 e. The first-order valence-electron chi connectivity index (χ1n) is 9.47. The third-order valence-electron chi connectivity index (χ3n) is 6.01. The van der Waals surface area contributed by atoms with Crippen LogP contribution < -0.4 is 0 Å². The van der Waals surface area contributed by atoms with Crippen molar-refractivity contribution in [3.05, 3.63) is 35.6 Å². The fraction of sp³-hybridized carbons (Fsp3) is 0.600. The van der Waals surface area contributed by atoms with E-state index in [2.05, 4.69) is 0 Å². The molecule has 1 N–H and O–H groups in total. The highest BCUT2D eigenvalue weighted by molar-refractivity contribution is 5.89. The highest BCUT2D eigenvalue weighted by Gasteiger charge is 2.48. The van der Waals surface area contributed by atoms with Crippen molar-refractivity contribution in [3.63, 3.8) is 0 Å². The molecule has 1 saturated heterocycles. The molecule has 0 unspecified atom stereocenters. The molecule has 0 radical (unpaired) electrons. The van der Waals surface area contributed by atoms with Crippen LogP contribution in [0.4, 0.5) is 4.39 Å². The first kappa shape index (κ1) is 18.8. The van der Waals surface area contributed by atoms with Gasteiger partial charge in [0.25, 0.3) is 0 Å². The van der Waals surface area contributed by atoms with E-state index in [1.54, 1.807) is 6.07 Å². The number of nitrogens with zero attached hydrogens (tertiary/aromatic N) is 2. The maximum absolute atomic E-state index is 13.7. The Bertz CT molecular complexity index is 667. The van der Waals surface area contributed by atoms with Crippen LogP contribution in [0, 0.1) is 5.82 Å². The lowest BCUT2D eigenvalue weighted by molar-refractivity contribution is -0.144. The number of rotatable bonds is 6. The molecule has 0 spiro atoms. The van der Waals surface area contributed by atoms with Crippen molar-refractivity contribution >= 4 is 11.9 Å². The van der Waals surface area contributed by atoms with Crippen LogP contribution in [0.25, 0.3) is 0 Å². The number of carbonyl (C=O) groups is 2. The maximum Gasteiger partial charge on any atom is 0.317 e. The number of carbonyl (C=O) groups excluding carboxylic acids is 1. The van der Waals surface area contributed by atoms with E-state index in [1.807, 2.05) is 22.8 Å². The predicted octanol–water partition coefficient (Wildman–Crippen LogP) is 2.64. The van der Waals surface area contributed by atoms with Crippen molar-refractivity contribution < 1.29 is 19.1 Å². The molecule has 3 rings (SSSR count). The number of halogens is 1. The number of aliphatic carboxylic acids is 1. The second kappa shape index (κ2) is 7.74. The molecule has 1 heterocycles. The molecule has 1 aromatic rings. The lowest BCUT2D eigenvalue weighted by atomic mass is 9.63. The van der Waals surface area contributed by atoms with Gasteiger partial charge in [-0.1, -0.05) is 25.5 Å². The quantitative estimate of drug-likeness (QED) is 0.845. The number of hydrogen-bond donors (Lipinski definition) is 1. The lowest BCUT2D eigenvalue weighted by Crippen LogP contribution is -2.55. The molecule has 26 heavy (non-hydrogen) atoms. The number of likely N-dealkylation sites (N-methyl/N-ethyl adjacent to an activating group) is 1. The van der Waals surface area contributed by atoms with Gasteiger partial charge in [-0.15, -0.1) is 0 Å². The summed E-state index contributed by atoms with van der Waals surface area (Å²) in [5.41, 5.74) is 0.220. The Morgan fingerprint density at radius 3 is 2.50 bits per heavy atom. The molecule has 0 atom stereocenters. The largest absolute Gasteiger partial charge is 0.480 e. The molecule has 1 aliphatic carbocycles. The van der Waals surface area contributed by atoms with Gasteiger partial charge in [-0.2, -0.15) is 0 Å². The summed E-state index contributed by atoms with van der Waals surface area (Å²) in [4.78, 5) is 28.1. The van der Waals surface area contributed by atoms with Crippen molar-refractivity contribution in [2.75, 3.05) is 26.2 Å². The molecule has 2 fully saturated rings. The van der Waals surface area contributed by atoms with Crippen LogP contribution in [0.2, 0.25) is 0 Å². The summed E-state index contributed by atoms with van der Waals surface area (Å²) in [7, 11) is 0. The molecular formula is C20H27FN2O3. The highest BCUT2D eigenvalue weighted by atomic mass is 19.1. The van der Waals surface area contributed by atoms with Gasteiger partial charge in [0.1, 0.15) is 5.82 Å². The predicted molar refractivity (Wildman–Crippen MR) is 96.4 cm³/mol. The van der Waals surface area contributed by atoms with Gasteiger partial charge in [0.15, 0.2) is 0 Å². The molecule has 1 aliphatic heterocycles. The van der Waals surface area contributed by atoms with Crippen molar-refractivity contribution in [1.82, 2.24) is 9.80 Å². The molecule has 0 aromatic heterocycles. The van der Waals surface area contributed by atoms with Crippen molar-refractivity contribution in [3.8, 4) is 0 Å². The van der Waals surface area contributed by atoms with Crippen LogP contribution in [0.1, 0.15) is 44.6 Å². The first-order valence-corrected chi connectivity index (χ1v) is 9.47. The van der Waals surface area contributed by atoms with Gasteiger partial charge < -0.3 is 10.0 Å². The molecule has 6 heteroatoms. The third kappa shape index (κ3) is 3.61. The van der Waals surface area contributed by atoms with E-state index in [-0.39, 0.29) is 24.3 Å². The molecule has 5 nitrogen and oxygen atoms in total. The SMILES string of the molecule is CCN(CC(=O)O)C1CCN(C(=O)C2(c3cccc(F)c3)CCC2)CC1. The number of benzene rings is 1. The van der Waals surface area contributed by atoms with E-state index >= 15 is 0 Å². The Morgan fingerprint density at radius 2 is 2.00 bits per heavy atom. The Hall–Kier alpha value is -1.95. The van der Waals surface area contributed by atoms with Crippen LogP contribution in [0.5, 0.6) is 0 Å². The van der Waals surface area contributed by atoms with Crippen molar-refractivity contribution in [2.24, 2.45) is 0 Å². The number of amides is 1. The summed E-state index contributed by atoms with van der Waals surface area (Å²) < 4.78 is 13.7. The first-order chi connectivity index (χ1) is 12.5. The fourth-order valence-corrected chi connectivity index (χ4v) is 4.35. The maximum atomic E-state index is 13.7. The normalized spacial score (nSPS) is 20.0. The van der Waals surface area contributed by atoms with Crippen LogP contribution in [-0.2, 0) is 15.0 Å². The Kier molecular flexibility index (Phi) is 5.61. The Balaban J connectivity index is 1.67. The summed E-state index contributed by atoms with van der Waals surface area (Å²) in [6.45, 7) is 3.97. The monoisotopic (exact) mass is 362 g/mol. The smallest absolute Gasteiger partial charge is 0.317 e. The van der Waals surface area contributed by atoms with E-state index in [1.165, 1.54) is 12.1 Å². The van der Waals surface area contributed by atoms with E-state index in [0.29, 0.717) is 19.6 Å². The summed E-state index contributed by atoms with van der Waals surface area (Å²) in [6.07, 6.45) is 4.10. The van der Waals surface area contributed by atoms with Gasteiger partial charge in [-0.3, -0.25) is 14.5 Å². The zero-order valence-electron chi connectivity index (χ0n) is 15.3. The van der Waals surface area contributed by atoms with E-state index in [9.17, 15) is 14.0 Å². The molecule has 0 bridgehead atoms.